The van der Waals surface area contributed by atoms with Gasteiger partial charge in [0.2, 0.25) is 5.91 Å². The second-order valence-electron chi connectivity index (χ2n) is 3.40. The normalized spacial score (nSPS) is 37.5. The molecule has 2 aliphatic rings. The Hall–Kier alpha value is -0.570. The Morgan fingerprint density at radius 2 is 2.27 bits per heavy atom. The molecule has 3 nitrogen and oxygen atoms in total. The third-order valence-corrected chi connectivity index (χ3v) is 2.72. The first-order chi connectivity index (χ1) is 5.29. The van der Waals surface area contributed by atoms with Gasteiger partial charge in [0.25, 0.3) is 0 Å². The van der Waals surface area contributed by atoms with Gasteiger partial charge in [0.05, 0.1) is 12.1 Å². The average Bonchev–Trinajstić information content (AvgIpc) is 2.45. The van der Waals surface area contributed by atoms with Crippen molar-refractivity contribution in [3.05, 3.63) is 0 Å². The van der Waals surface area contributed by atoms with Gasteiger partial charge in [-0.1, -0.05) is 0 Å². The molecule has 1 unspecified atom stereocenters. The van der Waals surface area contributed by atoms with Gasteiger partial charge in [0, 0.05) is 13.0 Å². The van der Waals surface area contributed by atoms with Crippen molar-refractivity contribution in [1.82, 2.24) is 4.90 Å². The van der Waals surface area contributed by atoms with E-state index in [1.165, 1.54) is 0 Å². The summed E-state index contributed by atoms with van der Waals surface area (Å²) in [5.41, 5.74) is 0. The van der Waals surface area contributed by atoms with Crippen LogP contribution < -0.4 is 0 Å². The number of carbonyl (C=O) groups excluding carboxylic acids is 1. The second kappa shape index (κ2) is 2.48. The molecule has 1 amide bonds. The average molecular weight is 155 g/mol. The Labute approximate surface area is 66.0 Å². The van der Waals surface area contributed by atoms with E-state index in [0.29, 0.717) is 12.8 Å². The van der Waals surface area contributed by atoms with Gasteiger partial charge in [0.15, 0.2) is 0 Å². The van der Waals surface area contributed by atoms with Crippen LogP contribution in [0.2, 0.25) is 0 Å². The molecule has 3 heteroatoms. The lowest BCUT2D eigenvalue weighted by Crippen LogP contribution is -2.47. The summed E-state index contributed by atoms with van der Waals surface area (Å²) < 4.78 is 0. The highest BCUT2D eigenvalue weighted by Crippen LogP contribution is 2.27. The zero-order valence-electron chi connectivity index (χ0n) is 6.49. The first kappa shape index (κ1) is 7.10. The standard InChI is InChI=1S/C8H13NO2/c10-7-3-4-8(11)9-5-1-2-6(7)9/h6-7,10H,1-5H2/t6-,7?/m0/s1. The van der Waals surface area contributed by atoms with E-state index < -0.39 is 0 Å². The highest BCUT2D eigenvalue weighted by molar-refractivity contribution is 5.77. The Balaban J connectivity index is 2.14. The van der Waals surface area contributed by atoms with Crippen molar-refractivity contribution in [2.24, 2.45) is 0 Å². The summed E-state index contributed by atoms with van der Waals surface area (Å²) in [6, 6.07) is 0.149. The molecule has 0 radical (unpaired) electrons. The van der Waals surface area contributed by atoms with Crippen molar-refractivity contribution in [2.75, 3.05) is 6.54 Å². The van der Waals surface area contributed by atoms with Crippen LogP contribution in [-0.4, -0.2) is 34.6 Å². The maximum atomic E-state index is 11.2. The minimum atomic E-state index is -0.254. The lowest BCUT2D eigenvalue weighted by molar-refractivity contribution is -0.139. The molecule has 2 aliphatic heterocycles. The quantitative estimate of drug-likeness (QED) is 0.540. The minimum Gasteiger partial charge on any atom is -0.391 e. The van der Waals surface area contributed by atoms with Gasteiger partial charge >= 0.3 is 0 Å². The van der Waals surface area contributed by atoms with Crippen molar-refractivity contribution >= 4 is 5.91 Å². The van der Waals surface area contributed by atoms with E-state index in [-0.39, 0.29) is 18.1 Å². The summed E-state index contributed by atoms with van der Waals surface area (Å²) in [6.45, 7) is 0.862. The first-order valence-corrected chi connectivity index (χ1v) is 4.26. The summed E-state index contributed by atoms with van der Waals surface area (Å²) >= 11 is 0. The van der Waals surface area contributed by atoms with E-state index in [0.717, 1.165) is 19.4 Å². The molecule has 2 atom stereocenters. The third kappa shape index (κ3) is 1.03. The van der Waals surface area contributed by atoms with Crippen molar-refractivity contribution in [3.63, 3.8) is 0 Å². The van der Waals surface area contributed by atoms with Crippen LogP contribution in [0.1, 0.15) is 25.7 Å². The summed E-state index contributed by atoms with van der Waals surface area (Å²) in [7, 11) is 0. The van der Waals surface area contributed by atoms with Crippen molar-refractivity contribution in [2.45, 2.75) is 37.8 Å². The lowest BCUT2D eigenvalue weighted by atomic mass is 9.99. The number of aliphatic hydroxyl groups excluding tert-OH is 1. The van der Waals surface area contributed by atoms with E-state index in [1.54, 1.807) is 0 Å². The number of hydrogen-bond acceptors (Lipinski definition) is 2. The van der Waals surface area contributed by atoms with Crippen LogP contribution in [0.4, 0.5) is 0 Å². The molecule has 0 saturated carbocycles. The van der Waals surface area contributed by atoms with Crippen LogP contribution in [-0.2, 0) is 4.79 Å². The summed E-state index contributed by atoms with van der Waals surface area (Å²) in [4.78, 5) is 13.1. The van der Waals surface area contributed by atoms with Gasteiger partial charge in [-0.25, -0.2) is 0 Å². The van der Waals surface area contributed by atoms with Gasteiger partial charge in [0.1, 0.15) is 0 Å². The zero-order valence-corrected chi connectivity index (χ0v) is 6.49. The van der Waals surface area contributed by atoms with Crippen molar-refractivity contribution < 1.29 is 9.90 Å². The highest BCUT2D eigenvalue weighted by Gasteiger charge is 2.37. The Morgan fingerprint density at radius 1 is 1.45 bits per heavy atom. The van der Waals surface area contributed by atoms with E-state index in [1.807, 2.05) is 4.90 Å². The number of piperidine rings is 1. The van der Waals surface area contributed by atoms with Crippen LogP contribution in [0.3, 0.4) is 0 Å². The number of amides is 1. The highest BCUT2D eigenvalue weighted by atomic mass is 16.3. The van der Waals surface area contributed by atoms with Gasteiger partial charge in [-0.2, -0.15) is 0 Å². The molecule has 0 spiro atoms. The molecule has 62 valence electrons. The lowest BCUT2D eigenvalue weighted by Gasteiger charge is -2.33. The fraction of sp³-hybridized carbons (Fsp3) is 0.875. The molecule has 0 aromatic heterocycles. The summed E-state index contributed by atoms with van der Waals surface area (Å²) in [6.07, 6.45) is 3.01. The summed E-state index contributed by atoms with van der Waals surface area (Å²) in [5, 5.41) is 9.50. The molecule has 0 aromatic carbocycles. The number of hydrogen-bond donors (Lipinski definition) is 1. The monoisotopic (exact) mass is 155 g/mol. The Bertz CT molecular complexity index is 181. The Kier molecular flexibility index (Phi) is 1.60. The topological polar surface area (TPSA) is 40.5 Å². The van der Waals surface area contributed by atoms with Crippen LogP contribution in [0, 0.1) is 0 Å². The molecular formula is C8H13NO2. The van der Waals surface area contributed by atoms with Crippen molar-refractivity contribution in [3.8, 4) is 0 Å². The molecular weight excluding hydrogens is 142 g/mol. The predicted molar refractivity (Wildman–Crippen MR) is 40.0 cm³/mol. The fourth-order valence-electron chi connectivity index (χ4n) is 2.11. The molecule has 0 bridgehead atoms. The molecule has 2 heterocycles. The number of fused-ring (bicyclic) bond motifs is 1. The largest absolute Gasteiger partial charge is 0.391 e. The predicted octanol–water partition coefficient (Wildman–Crippen LogP) is 0.132. The molecule has 11 heavy (non-hydrogen) atoms. The van der Waals surface area contributed by atoms with Crippen LogP contribution in [0.15, 0.2) is 0 Å². The Morgan fingerprint density at radius 3 is 3.00 bits per heavy atom. The number of aliphatic hydroxyl groups is 1. The molecule has 2 rings (SSSR count). The third-order valence-electron chi connectivity index (χ3n) is 2.72. The maximum Gasteiger partial charge on any atom is 0.223 e. The van der Waals surface area contributed by atoms with Crippen LogP contribution in [0.25, 0.3) is 0 Å². The maximum absolute atomic E-state index is 11.2. The zero-order chi connectivity index (χ0) is 7.84. The van der Waals surface area contributed by atoms with Gasteiger partial charge in [-0.3, -0.25) is 4.79 Å². The van der Waals surface area contributed by atoms with E-state index >= 15 is 0 Å². The first-order valence-electron chi connectivity index (χ1n) is 4.26. The fourth-order valence-corrected chi connectivity index (χ4v) is 2.11. The summed E-state index contributed by atoms with van der Waals surface area (Å²) in [5.74, 6) is 0.234. The second-order valence-corrected chi connectivity index (χ2v) is 3.40. The molecule has 0 aliphatic carbocycles. The minimum absolute atomic E-state index is 0.149. The molecule has 2 saturated heterocycles. The van der Waals surface area contributed by atoms with Crippen molar-refractivity contribution in [1.29, 1.82) is 0 Å². The van der Waals surface area contributed by atoms with Gasteiger partial charge in [-0.15, -0.1) is 0 Å². The molecule has 1 N–H and O–H groups in total. The number of rotatable bonds is 0. The van der Waals surface area contributed by atoms with Crippen LogP contribution in [0.5, 0.6) is 0 Å². The van der Waals surface area contributed by atoms with E-state index in [9.17, 15) is 9.90 Å². The van der Waals surface area contributed by atoms with Gasteiger partial charge < -0.3 is 10.0 Å². The van der Waals surface area contributed by atoms with E-state index in [2.05, 4.69) is 0 Å². The molecule has 2 fully saturated rings. The van der Waals surface area contributed by atoms with E-state index in [4.69, 9.17) is 0 Å². The molecule has 0 aromatic rings. The SMILES string of the molecule is O=C1CCC(O)[C@@H]2CCCN12. The van der Waals surface area contributed by atoms with Crippen LogP contribution >= 0.6 is 0 Å². The number of nitrogens with zero attached hydrogens (tertiary/aromatic N) is 1. The smallest absolute Gasteiger partial charge is 0.223 e. The van der Waals surface area contributed by atoms with Gasteiger partial charge in [-0.05, 0) is 19.3 Å². The number of carbonyl (C=O) groups is 1.